The maximum absolute atomic E-state index is 12.7. The zero-order valence-corrected chi connectivity index (χ0v) is 13.6. The second-order valence-corrected chi connectivity index (χ2v) is 7.46. The zero-order valence-electron chi connectivity index (χ0n) is 12.8. The molecule has 4 atom stereocenters. The molecule has 4 heteroatoms. The minimum Gasteiger partial charge on any atom is -0.497 e. The van der Waals surface area contributed by atoms with Crippen molar-refractivity contribution in [3.63, 3.8) is 0 Å². The van der Waals surface area contributed by atoms with Crippen molar-refractivity contribution in [2.75, 3.05) is 13.7 Å². The fourth-order valence-corrected chi connectivity index (χ4v) is 4.63. The Bertz CT molecular complexity index is 489. The highest BCUT2D eigenvalue weighted by Gasteiger charge is 2.37. The number of nitrogens with one attached hydrogen (secondary N) is 1. The van der Waals surface area contributed by atoms with Crippen LogP contribution in [-0.2, 0) is 17.2 Å². The van der Waals surface area contributed by atoms with Crippen LogP contribution >= 0.6 is 0 Å². The van der Waals surface area contributed by atoms with Gasteiger partial charge in [-0.2, -0.15) is 0 Å². The molecule has 0 aromatic heterocycles. The Morgan fingerprint density at radius 2 is 2.20 bits per heavy atom. The van der Waals surface area contributed by atoms with E-state index in [1.54, 1.807) is 7.11 Å². The van der Waals surface area contributed by atoms with Crippen LogP contribution in [0.4, 0.5) is 0 Å². The Labute approximate surface area is 124 Å². The van der Waals surface area contributed by atoms with Gasteiger partial charge in [0.15, 0.2) is 0 Å². The lowest BCUT2D eigenvalue weighted by Crippen LogP contribution is -2.35. The first-order valence-electron chi connectivity index (χ1n) is 7.41. The quantitative estimate of drug-likeness (QED) is 0.877. The molecule has 1 aliphatic carbocycles. The number of benzene rings is 1. The van der Waals surface area contributed by atoms with E-state index in [-0.39, 0.29) is 16.5 Å². The molecule has 4 unspecified atom stereocenters. The summed E-state index contributed by atoms with van der Waals surface area (Å²) in [5.41, 5.74) is 2.56. The first-order valence-corrected chi connectivity index (χ1v) is 8.69. The van der Waals surface area contributed by atoms with Crippen molar-refractivity contribution in [2.24, 2.45) is 0 Å². The van der Waals surface area contributed by atoms with E-state index in [0.717, 1.165) is 25.1 Å². The molecule has 112 valence electrons. The summed E-state index contributed by atoms with van der Waals surface area (Å²) >= 11 is 0. The Kier molecular flexibility index (Phi) is 5.22. The SMILES string of the molecule is CCNC1c2cc(OC)ccc2CC1S(=O)C(C)CC. The molecular formula is C16H25NO2S. The standard InChI is InChI=1S/C16H25NO2S/c1-5-11(3)20(18)15-9-12-7-8-13(19-4)10-14(12)16(15)17-6-2/h7-8,10-11,15-17H,5-6,9H2,1-4H3. The second kappa shape index (κ2) is 6.72. The number of hydrogen-bond acceptors (Lipinski definition) is 3. The van der Waals surface area contributed by atoms with Gasteiger partial charge in [0.05, 0.1) is 12.4 Å². The second-order valence-electron chi connectivity index (χ2n) is 5.39. The molecule has 1 aliphatic rings. The summed E-state index contributed by atoms with van der Waals surface area (Å²) in [5, 5.41) is 3.93. The van der Waals surface area contributed by atoms with Crippen LogP contribution < -0.4 is 10.1 Å². The summed E-state index contributed by atoms with van der Waals surface area (Å²) in [5.74, 6) is 0.877. The topological polar surface area (TPSA) is 38.3 Å². The molecular weight excluding hydrogens is 270 g/mol. The van der Waals surface area contributed by atoms with E-state index in [1.807, 2.05) is 6.07 Å². The van der Waals surface area contributed by atoms with Gasteiger partial charge in [-0.15, -0.1) is 0 Å². The van der Waals surface area contributed by atoms with Gasteiger partial charge in [0.2, 0.25) is 0 Å². The zero-order chi connectivity index (χ0) is 14.7. The van der Waals surface area contributed by atoms with Crippen LogP contribution in [-0.4, -0.2) is 28.4 Å². The largest absolute Gasteiger partial charge is 0.497 e. The average Bonchev–Trinajstić information content (AvgIpc) is 2.84. The summed E-state index contributed by atoms with van der Waals surface area (Å²) in [4.78, 5) is 0. The first-order chi connectivity index (χ1) is 9.62. The van der Waals surface area contributed by atoms with Crippen molar-refractivity contribution >= 4 is 10.8 Å². The fourth-order valence-electron chi connectivity index (χ4n) is 2.85. The van der Waals surface area contributed by atoms with Crippen molar-refractivity contribution in [2.45, 2.75) is 50.2 Å². The minimum atomic E-state index is -0.810. The molecule has 2 rings (SSSR count). The third kappa shape index (κ3) is 2.91. The summed E-state index contributed by atoms with van der Waals surface area (Å²) in [6.07, 6.45) is 1.86. The maximum atomic E-state index is 12.7. The van der Waals surface area contributed by atoms with Crippen LogP contribution in [0.5, 0.6) is 5.75 Å². The summed E-state index contributed by atoms with van der Waals surface area (Å²) < 4.78 is 18.1. The molecule has 0 saturated carbocycles. The number of ether oxygens (including phenoxy) is 1. The summed E-state index contributed by atoms with van der Waals surface area (Å²) in [6.45, 7) is 7.18. The molecule has 0 saturated heterocycles. The maximum Gasteiger partial charge on any atom is 0.119 e. The third-order valence-electron chi connectivity index (χ3n) is 4.17. The molecule has 0 radical (unpaired) electrons. The van der Waals surface area contributed by atoms with Crippen molar-refractivity contribution < 1.29 is 8.95 Å². The molecule has 0 heterocycles. The number of fused-ring (bicyclic) bond motifs is 1. The van der Waals surface area contributed by atoms with E-state index in [1.165, 1.54) is 11.1 Å². The van der Waals surface area contributed by atoms with Crippen molar-refractivity contribution in [1.29, 1.82) is 0 Å². The van der Waals surface area contributed by atoms with E-state index in [9.17, 15) is 4.21 Å². The van der Waals surface area contributed by atoms with E-state index in [0.29, 0.717) is 0 Å². The lowest BCUT2D eigenvalue weighted by Gasteiger charge is -2.23. The van der Waals surface area contributed by atoms with Gasteiger partial charge in [-0.1, -0.05) is 26.8 Å². The molecule has 1 aromatic carbocycles. The van der Waals surface area contributed by atoms with E-state index < -0.39 is 10.8 Å². The molecule has 0 aliphatic heterocycles. The Balaban J connectivity index is 2.31. The number of rotatable bonds is 6. The fraction of sp³-hybridized carbons (Fsp3) is 0.625. The van der Waals surface area contributed by atoms with Crippen LogP contribution in [0.2, 0.25) is 0 Å². The van der Waals surface area contributed by atoms with Crippen LogP contribution in [0, 0.1) is 0 Å². The molecule has 0 amide bonds. The van der Waals surface area contributed by atoms with Gasteiger partial charge >= 0.3 is 0 Å². The normalized spacial score (nSPS) is 24.2. The van der Waals surface area contributed by atoms with Crippen LogP contribution in [0.3, 0.4) is 0 Å². The minimum absolute atomic E-state index is 0.173. The van der Waals surface area contributed by atoms with Gasteiger partial charge in [0, 0.05) is 22.1 Å². The molecule has 0 bridgehead atoms. The molecule has 1 N–H and O–H groups in total. The van der Waals surface area contributed by atoms with Gasteiger partial charge in [-0.3, -0.25) is 4.21 Å². The van der Waals surface area contributed by atoms with Crippen LogP contribution in [0.25, 0.3) is 0 Å². The Morgan fingerprint density at radius 1 is 1.45 bits per heavy atom. The predicted molar refractivity (Wildman–Crippen MR) is 84.8 cm³/mol. The molecule has 20 heavy (non-hydrogen) atoms. The average molecular weight is 295 g/mol. The summed E-state index contributed by atoms with van der Waals surface area (Å²) in [6, 6.07) is 6.39. The lowest BCUT2D eigenvalue weighted by molar-refractivity contribution is 0.413. The van der Waals surface area contributed by atoms with Gasteiger partial charge < -0.3 is 10.1 Å². The van der Waals surface area contributed by atoms with Gasteiger partial charge in [0.25, 0.3) is 0 Å². The molecule has 1 aromatic rings. The highest BCUT2D eigenvalue weighted by atomic mass is 32.2. The van der Waals surface area contributed by atoms with E-state index in [2.05, 4.69) is 38.2 Å². The predicted octanol–water partition coefficient (Wildman–Crippen LogP) is 2.82. The smallest absolute Gasteiger partial charge is 0.119 e. The lowest BCUT2D eigenvalue weighted by atomic mass is 10.1. The van der Waals surface area contributed by atoms with Crippen LogP contribution in [0.1, 0.15) is 44.4 Å². The first kappa shape index (κ1) is 15.5. The van der Waals surface area contributed by atoms with E-state index >= 15 is 0 Å². The number of hydrogen-bond donors (Lipinski definition) is 1. The molecule has 3 nitrogen and oxygen atoms in total. The van der Waals surface area contributed by atoms with Crippen molar-refractivity contribution in [3.8, 4) is 5.75 Å². The Morgan fingerprint density at radius 3 is 2.80 bits per heavy atom. The molecule has 0 spiro atoms. The monoisotopic (exact) mass is 295 g/mol. The van der Waals surface area contributed by atoms with Crippen molar-refractivity contribution in [1.82, 2.24) is 5.32 Å². The Hall–Kier alpha value is -0.870. The highest BCUT2D eigenvalue weighted by molar-refractivity contribution is 7.86. The third-order valence-corrected chi connectivity index (χ3v) is 6.34. The van der Waals surface area contributed by atoms with E-state index in [4.69, 9.17) is 4.74 Å². The van der Waals surface area contributed by atoms with Gasteiger partial charge in [-0.25, -0.2) is 0 Å². The van der Waals surface area contributed by atoms with Gasteiger partial charge in [0.1, 0.15) is 5.75 Å². The molecule has 0 fully saturated rings. The number of methoxy groups -OCH3 is 1. The van der Waals surface area contributed by atoms with Crippen molar-refractivity contribution in [3.05, 3.63) is 29.3 Å². The van der Waals surface area contributed by atoms with Gasteiger partial charge in [-0.05, 0) is 42.6 Å². The van der Waals surface area contributed by atoms with Crippen LogP contribution in [0.15, 0.2) is 18.2 Å². The summed E-state index contributed by atoms with van der Waals surface area (Å²) in [7, 11) is 0.878. The highest BCUT2D eigenvalue weighted by Crippen LogP contribution is 2.37.